The minimum absolute atomic E-state index is 0.0421. The molecule has 0 saturated carbocycles. The average Bonchev–Trinajstić information content (AvgIpc) is 3.41. The highest BCUT2D eigenvalue weighted by molar-refractivity contribution is 5.93. The van der Waals surface area contributed by atoms with Crippen molar-refractivity contribution >= 4 is 18.2 Å². The van der Waals surface area contributed by atoms with Crippen LogP contribution < -0.4 is 5.48 Å². The Balaban J connectivity index is 2.25. The van der Waals surface area contributed by atoms with E-state index in [1.165, 1.54) is 23.1 Å². The van der Waals surface area contributed by atoms with Gasteiger partial charge < -0.3 is 4.84 Å². The van der Waals surface area contributed by atoms with E-state index in [9.17, 15) is 18.9 Å². The molecule has 1 N–H and O–H groups in total. The van der Waals surface area contributed by atoms with Crippen LogP contribution >= 0.6 is 0 Å². The first-order chi connectivity index (χ1) is 18.9. The second kappa shape index (κ2) is 17.3. The molecule has 206 valence electrons. The molecule has 1 heterocycles. The topological polar surface area (TPSA) is 100 Å². The summed E-state index contributed by atoms with van der Waals surface area (Å²) in [4.78, 5) is 45.3. The zero-order valence-electron chi connectivity index (χ0n) is 22.2. The van der Waals surface area contributed by atoms with Crippen molar-refractivity contribution in [1.29, 1.82) is 0 Å². The van der Waals surface area contributed by atoms with Gasteiger partial charge in [-0.15, -0.1) is 10.4 Å². The maximum atomic E-state index is 13.2. The Labute approximate surface area is 229 Å². The van der Waals surface area contributed by atoms with Crippen LogP contribution in [-0.2, 0) is 20.8 Å². The van der Waals surface area contributed by atoms with Crippen molar-refractivity contribution in [3.63, 3.8) is 0 Å². The van der Waals surface area contributed by atoms with E-state index in [1.54, 1.807) is 24.3 Å². The molecule has 0 fully saturated rings. The Hall–Kier alpha value is -4.24. The van der Waals surface area contributed by atoms with Gasteiger partial charge in [0.2, 0.25) is 6.41 Å². The SMILES string of the molecule is C=C/C=C(\C=C)N(C=O)C(CCCCC(=O)N=O)=NC/C=C(\C=C/CC)C1C=C(Cc2ccc(F)cc2)ON1. The highest BCUT2D eigenvalue weighted by Crippen LogP contribution is 2.20. The first-order valence-corrected chi connectivity index (χ1v) is 12.8. The number of unbranched alkanes of at least 4 members (excludes halogenated alkanes) is 1. The number of benzene rings is 1. The molecule has 2 amide bonds. The van der Waals surface area contributed by atoms with E-state index in [1.807, 2.05) is 31.2 Å². The molecule has 0 aliphatic carbocycles. The highest BCUT2D eigenvalue weighted by atomic mass is 19.1. The normalized spacial score (nSPS) is 16.0. The Kier molecular flexibility index (Phi) is 13.7. The van der Waals surface area contributed by atoms with E-state index in [2.05, 4.69) is 28.8 Å². The lowest BCUT2D eigenvalue weighted by Gasteiger charge is -2.20. The van der Waals surface area contributed by atoms with E-state index in [0.29, 0.717) is 43.6 Å². The summed E-state index contributed by atoms with van der Waals surface area (Å²) in [5, 5.41) is 2.42. The van der Waals surface area contributed by atoms with Crippen LogP contribution in [0.5, 0.6) is 0 Å². The van der Waals surface area contributed by atoms with Crippen molar-refractivity contribution in [2.24, 2.45) is 10.2 Å². The average molecular weight is 535 g/mol. The predicted molar refractivity (Wildman–Crippen MR) is 152 cm³/mol. The van der Waals surface area contributed by atoms with Gasteiger partial charge >= 0.3 is 0 Å². The van der Waals surface area contributed by atoms with E-state index in [4.69, 9.17) is 4.84 Å². The fourth-order valence-electron chi connectivity index (χ4n) is 3.78. The number of hydrogen-bond donors (Lipinski definition) is 1. The van der Waals surface area contributed by atoms with Crippen molar-refractivity contribution in [3.8, 4) is 0 Å². The molecule has 9 heteroatoms. The smallest absolute Gasteiger partial charge is 0.286 e. The van der Waals surface area contributed by atoms with Crippen molar-refractivity contribution in [2.75, 3.05) is 6.54 Å². The number of rotatable bonds is 16. The lowest BCUT2D eigenvalue weighted by atomic mass is 10.0. The van der Waals surface area contributed by atoms with Gasteiger partial charge in [-0.2, -0.15) is 0 Å². The molecule has 1 aromatic rings. The number of nitrogens with one attached hydrogen (secondary N) is 1. The number of carbonyl (C=O) groups excluding carboxylic acids is 2. The van der Waals surface area contributed by atoms with Crippen LogP contribution in [0.15, 0.2) is 107 Å². The van der Waals surface area contributed by atoms with Crippen LogP contribution in [0.3, 0.4) is 0 Å². The minimum atomic E-state index is -0.701. The summed E-state index contributed by atoms with van der Waals surface area (Å²) in [5.41, 5.74) is 5.39. The van der Waals surface area contributed by atoms with Gasteiger partial charge in [-0.25, -0.2) is 4.39 Å². The number of nitrogens with zero attached hydrogens (tertiary/aromatic N) is 3. The molecule has 1 unspecified atom stereocenters. The lowest BCUT2D eigenvalue weighted by Crippen LogP contribution is -2.29. The fraction of sp³-hybridized carbons (Fsp3) is 0.300. The van der Waals surface area contributed by atoms with E-state index in [-0.39, 0.29) is 24.8 Å². The van der Waals surface area contributed by atoms with Gasteiger partial charge in [0.05, 0.1) is 12.6 Å². The summed E-state index contributed by atoms with van der Waals surface area (Å²) in [7, 11) is 0. The van der Waals surface area contributed by atoms with Crippen molar-refractivity contribution in [2.45, 2.75) is 51.5 Å². The Morgan fingerprint density at radius 3 is 2.59 bits per heavy atom. The summed E-state index contributed by atoms with van der Waals surface area (Å²) < 4.78 is 13.2. The van der Waals surface area contributed by atoms with Crippen LogP contribution in [0, 0.1) is 10.7 Å². The number of aliphatic imine (C=N–C) groups is 1. The number of nitroso groups, excluding NO2 is 1. The van der Waals surface area contributed by atoms with Gasteiger partial charge in [-0.3, -0.25) is 19.5 Å². The van der Waals surface area contributed by atoms with Crippen LogP contribution in [0.1, 0.15) is 44.6 Å². The fourth-order valence-corrected chi connectivity index (χ4v) is 3.78. The molecule has 1 aliphatic rings. The summed E-state index contributed by atoms with van der Waals surface area (Å²) in [6.07, 6.45) is 16.1. The molecule has 0 radical (unpaired) electrons. The van der Waals surface area contributed by atoms with Gasteiger partial charge in [-0.1, -0.05) is 56.5 Å². The van der Waals surface area contributed by atoms with E-state index in [0.717, 1.165) is 23.3 Å². The maximum absolute atomic E-state index is 13.2. The highest BCUT2D eigenvalue weighted by Gasteiger charge is 2.20. The second-order valence-corrected chi connectivity index (χ2v) is 8.60. The summed E-state index contributed by atoms with van der Waals surface area (Å²) in [6.45, 7) is 9.76. The van der Waals surface area contributed by atoms with Gasteiger partial charge in [0, 0.05) is 30.1 Å². The number of hydrogen-bond acceptors (Lipinski definition) is 6. The molecule has 8 nitrogen and oxygen atoms in total. The quantitative estimate of drug-likeness (QED) is 0.0699. The number of halogens is 1. The molecule has 1 aromatic carbocycles. The summed E-state index contributed by atoms with van der Waals surface area (Å²) >= 11 is 0. The van der Waals surface area contributed by atoms with Crippen molar-refractivity contribution in [3.05, 3.63) is 113 Å². The molecule has 2 rings (SSSR count). The molecular weight excluding hydrogens is 499 g/mol. The number of amides is 2. The second-order valence-electron chi connectivity index (χ2n) is 8.60. The van der Waals surface area contributed by atoms with Crippen LogP contribution in [0.2, 0.25) is 0 Å². The van der Waals surface area contributed by atoms with E-state index < -0.39 is 5.91 Å². The number of amidine groups is 1. The zero-order chi connectivity index (χ0) is 28.5. The monoisotopic (exact) mass is 534 g/mol. The molecule has 0 spiro atoms. The van der Waals surface area contributed by atoms with Gasteiger partial charge in [-0.05, 0) is 60.8 Å². The van der Waals surface area contributed by atoms with Crippen molar-refractivity contribution < 1.29 is 18.8 Å². The molecule has 0 aromatic heterocycles. The van der Waals surface area contributed by atoms with Crippen LogP contribution in [0.4, 0.5) is 4.39 Å². The van der Waals surface area contributed by atoms with Gasteiger partial charge in [0.25, 0.3) is 5.91 Å². The van der Waals surface area contributed by atoms with Crippen LogP contribution in [0.25, 0.3) is 0 Å². The Morgan fingerprint density at radius 1 is 1.21 bits per heavy atom. The molecule has 1 atom stereocenters. The van der Waals surface area contributed by atoms with Gasteiger partial charge in [0.15, 0.2) is 0 Å². The first-order valence-electron chi connectivity index (χ1n) is 12.8. The third-order valence-electron chi connectivity index (χ3n) is 5.77. The molecule has 1 aliphatic heterocycles. The first kappa shape index (κ1) is 31.0. The van der Waals surface area contributed by atoms with Crippen molar-refractivity contribution in [1.82, 2.24) is 10.4 Å². The largest absolute Gasteiger partial charge is 0.412 e. The molecule has 39 heavy (non-hydrogen) atoms. The third-order valence-corrected chi connectivity index (χ3v) is 5.77. The Bertz CT molecular complexity index is 1170. The zero-order valence-corrected chi connectivity index (χ0v) is 22.2. The molecule has 0 bridgehead atoms. The molecular formula is C30H35FN4O4. The van der Waals surface area contributed by atoms with Crippen LogP contribution in [-0.4, -0.2) is 35.6 Å². The predicted octanol–water partition coefficient (Wildman–Crippen LogP) is 6.01. The summed E-state index contributed by atoms with van der Waals surface area (Å²) in [6, 6.07) is 6.07. The van der Waals surface area contributed by atoms with Gasteiger partial charge in [0.1, 0.15) is 17.4 Å². The number of allylic oxidation sites excluding steroid dienone is 5. The Morgan fingerprint density at radius 2 is 1.95 bits per heavy atom. The number of hydroxylamine groups is 1. The lowest BCUT2D eigenvalue weighted by molar-refractivity contribution is -0.118. The maximum Gasteiger partial charge on any atom is 0.286 e. The third kappa shape index (κ3) is 10.6. The standard InChI is InChI=1S/C30H35FN4O4/c1-4-7-11-24(28-21-27(39-34-28)20-23-14-16-25(31)17-15-23)18-19-32-29(12-8-9-13-30(37)33-38)35(22-36)26(6-3)10-5-2/h5-7,10-11,14-18,21-22,28,34H,2-4,8-9,12-13,19-20H2,1H3/b11-7-,24-18+,26-10+,32-29?. The number of carbonyl (C=O) groups is 2. The minimum Gasteiger partial charge on any atom is -0.412 e. The summed E-state index contributed by atoms with van der Waals surface area (Å²) in [5.74, 6) is 0.226. The van der Waals surface area contributed by atoms with E-state index >= 15 is 0 Å². The molecule has 0 saturated heterocycles.